The average Bonchev–Trinajstić information content (AvgIpc) is 2.20. The highest BCUT2D eigenvalue weighted by Gasteiger charge is 1.97. The van der Waals surface area contributed by atoms with Crippen LogP contribution in [0.15, 0.2) is 29.0 Å². The molecule has 0 fully saturated rings. The molecule has 0 saturated heterocycles. The standard InChI is InChI=1S/C10H12Cl2N2/c1-8-2-3-13-5-9(8)6-14-7-10(12)4-11/h2-5,14H,6-7H2,1H3/b10-4-. The highest BCUT2D eigenvalue weighted by molar-refractivity contribution is 6.36. The van der Waals surface area contributed by atoms with Crippen LogP contribution in [0.25, 0.3) is 0 Å². The second-order valence-corrected chi connectivity index (χ2v) is 3.67. The minimum Gasteiger partial charge on any atom is -0.308 e. The van der Waals surface area contributed by atoms with E-state index in [0.29, 0.717) is 11.6 Å². The molecule has 0 amide bonds. The summed E-state index contributed by atoms with van der Waals surface area (Å²) in [5, 5.41) is 3.77. The van der Waals surface area contributed by atoms with Crippen molar-refractivity contribution in [3.8, 4) is 0 Å². The highest BCUT2D eigenvalue weighted by Crippen LogP contribution is 2.05. The van der Waals surface area contributed by atoms with E-state index in [9.17, 15) is 0 Å². The first-order valence-electron chi connectivity index (χ1n) is 4.29. The van der Waals surface area contributed by atoms with E-state index in [1.54, 1.807) is 6.20 Å². The summed E-state index contributed by atoms with van der Waals surface area (Å²) in [6.45, 7) is 3.39. The van der Waals surface area contributed by atoms with Gasteiger partial charge in [-0.15, -0.1) is 0 Å². The summed E-state index contributed by atoms with van der Waals surface area (Å²) in [5.41, 5.74) is 3.76. The molecule has 0 saturated carbocycles. The maximum absolute atomic E-state index is 5.72. The Morgan fingerprint density at radius 2 is 2.43 bits per heavy atom. The Balaban J connectivity index is 2.43. The lowest BCUT2D eigenvalue weighted by Gasteiger charge is -2.05. The number of nitrogens with zero attached hydrogens (tertiary/aromatic N) is 1. The molecule has 0 atom stereocenters. The van der Waals surface area contributed by atoms with Crippen molar-refractivity contribution < 1.29 is 0 Å². The zero-order valence-corrected chi connectivity index (χ0v) is 9.44. The molecule has 14 heavy (non-hydrogen) atoms. The first-order valence-corrected chi connectivity index (χ1v) is 5.10. The molecule has 0 aliphatic rings. The Bertz CT molecular complexity index is 324. The monoisotopic (exact) mass is 230 g/mol. The van der Waals surface area contributed by atoms with Crippen molar-refractivity contribution in [2.45, 2.75) is 13.5 Å². The van der Waals surface area contributed by atoms with Crippen molar-refractivity contribution in [2.24, 2.45) is 0 Å². The van der Waals surface area contributed by atoms with E-state index in [1.807, 2.05) is 12.3 Å². The van der Waals surface area contributed by atoms with Crippen molar-refractivity contribution in [2.75, 3.05) is 6.54 Å². The molecule has 4 heteroatoms. The largest absolute Gasteiger partial charge is 0.308 e. The number of halogens is 2. The molecule has 0 aliphatic heterocycles. The number of aromatic nitrogens is 1. The molecule has 0 aliphatic carbocycles. The van der Waals surface area contributed by atoms with E-state index in [-0.39, 0.29) is 0 Å². The van der Waals surface area contributed by atoms with E-state index in [4.69, 9.17) is 23.2 Å². The first kappa shape index (κ1) is 11.5. The molecular weight excluding hydrogens is 219 g/mol. The summed E-state index contributed by atoms with van der Waals surface area (Å²) in [4.78, 5) is 4.05. The van der Waals surface area contributed by atoms with Gasteiger partial charge in [-0.25, -0.2) is 0 Å². The van der Waals surface area contributed by atoms with Gasteiger partial charge in [0.05, 0.1) is 0 Å². The molecule has 76 valence electrons. The number of hydrogen-bond donors (Lipinski definition) is 1. The molecule has 2 nitrogen and oxygen atoms in total. The smallest absolute Gasteiger partial charge is 0.0432 e. The van der Waals surface area contributed by atoms with Crippen LogP contribution in [0.2, 0.25) is 0 Å². The second-order valence-electron chi connectivity index (χ2n) is 2.96. The van der Waals surface area contributed by atoms with Crippen molar-refractivity contribution in [3.63, 3.8) is 0 Å². The Kier molecular flexibility index (Phi) is 4.94. The third-order valence-electron chi connectivity index (χ3n) is 1.88. The van der Waals surface area contributed by atoms with E-state index >= 15 is 0 Å². The third-order valence-corrected chi connectivity index (χ3v) is 2.49. The summed E-state index contributed by atoms with van der Waals surface area (Å²) < 4.78 is 0. The number of hydrogen-bond acceptors (Lipinski definition) is 2. The fraction of sp³-hybridized carbons (Fsp3) is 0.300. The van der Waals surface area contributed by atoms with E-state index < -0.39 is 0 Å². The van der Waals surface area contributed by atoms with Crippen LogP contribution in [0.4, 0.5) is 0 Å². The van der Waals surface area contributed by atoms with E-state index in [2.05, 4.69) is 17.2 Å². The summed E-state index contributed by atoms with van der Waals surface area (Å²) in [5.74, 6) is 0. The summed E-state index contributed by atoms with van der Waals surface area (Å²) in [6, 6.07) is 1.98. The van der Waals surface area contributed by atoms with Crippen LogP contribution in [0.3, 0.4) is 0 Å². The SMILES string of the molecule is Cc1ccncc1CNC/C(Cl)=C/Cl. The van der Waals surface area contributed by atoms with Crippen LogP contribution in [0, 0.1) is 6.92 Å². The fourth-order valence-electron chi connectivity index (χ4n) is 1.04. The van der Waals surface area contributed by atoms with Crippen LogP contribution >= 0.6 is 23.2 Å². The van der Waals surface area contributed by atoms with Gasteiger partial charge in [-0.2, -0.15) is 0 Å². The molecule has 1 aromatic rings. The third kappa shape index (κ3) is 3.66. The van der Waals surface area contributed by atoms with Gasteiger partial charge in [0.2, 0.25) is 0 Å². The molecule has 0 unspecified atom stereocenters. The van der Waals surface area contributed by atoms with Gasteiger partial charge >= 0.3 is 0 Å². The molecule has 1 aromatic heterocycles. The van der Waals surface area contributed by atoms with Gasteiger partial charge in [0.25, 0.3) is 0 Å². The Morgan fingerprint density at radius 1 is 1.64 bits per heavy atom. The van der Waals surface area contributed by atoms with Crippen LogP contribution in [0.1, 0.15) is 11.1 Å². The van der Waals surface area contributed by atoms with Crippen molar-refractivity contribution in [1.82, 2.24) is 10.3 Å². The zero-order valence-electron chi connectivity index (χ0n) is 7.93. The highest BCUT2D eigenvalue weighted by atomic mass is 35.5. The lowest BCUT2D eigenvalue weighted by Crippen LogP contribution is -2.15. The summed E-state index contributed by atoms with van der Waals surface area (Å²) in [7, 11) is 0. The molecule has 0 bridgehead atoms. The number of rotatable bonds is 4. The molecule has 1 rings (SSSR count). The Labute approximate surface area is 93.9 Å². The molecule has 0 spiro atoms. The maximum Gasteiger partial charge on any atom is 0.0432 e. The van der Waals surface area contributed by atoms with E-state index in [1.165, 1.54) is 16.7 Å². The van der Waals surface area contributed by atoms with Crippen LogP contribution in [-0.2, 0) is 6.54 Å². The van der Waals surface area contributed by atoms with Crippen molar-refractivity contribution in [3.05, 3.63) is 40.2 Å². The van der Waals surface area contributed by atoms with Gasteiger partial charge in [0.15, 0.2) is 0 Å². The average molecular weight is 231 g/mol. The predicted molar refractivity (Wildman–Crippen MR) is 60.5 cm³/mol. The van der Waals surface area contributed by atoms with Crippen molar-refractivity contribution >= 4 is 23.2 Å². The Hall–Kier alpha value is -0.570. The van der Waals surface area contributed by atoms with Crippen molar-refractivity contribution in [1.29, 1.82) is 0 Å². The van der Waals surface area contributed by atoms with Crippen LogP contribution in [0.5, 0.6) is 0 Å². The van der Waals surface area contributed by atoms with Gasteiger partial charge in [0, 0.05) is 36.1 Å². The summed E-state index contributed by atoms with van der Waals surface area (Å²) >= 11 is 11.1. The fourth-order valence-corrected chi connectivity index (χ4v) is 1.21. The lowest BCUT2D eigenvalue weighted by atomic mass is 10.1. The number of pyridine rings is 1. The zero-order chi connectivity index (χ0) is 10.4. The second kappa shape index (κ2) is 6.02. The maximum atomic E-state index is 5.72. The van der Waals surface area contributed by atoms with E-state index in [0.717, 1.165) is 6.54 Å². The predicted octanol–water partition coefficient (Wildman–Crippen LogP) is 2.80. The summed E-state index contributed by atoms with van der Waals surface area (Å²) in [6.07, 6.45) is 3.63. The molecule has 1 heterocycles. The Morgan fingerprint density at radius 3 is 3.07 bits per heavy atom. The van der Waals surface area contributed by atoms with Gasteiger partial charge < -0.3 is 5.32 Å². The molecule has 0 aromatic carbocycles. The first-order chi connectivity index (χ1) is 6.74. The van der Waals surface area contributed by atoms with Gasteiger partial charge in [-0.1, -0.05) is 23.2 Å². The normalized spacial score (nSPS) is 11.8. The quantitative estimate of drug-likeness (QED) is 0.861. The number of aryl methyl sites for hydroxylation is 1. The molecular formula is C10H12Cl2N2. The van der Waals surface area contributed by atoms with Crippen LogP contribution in [-0.4, -0.2) is 11.5 Å². The molecule has 0 radical (unpaired) electrons. The van der Waals surface area contributed by atoms with Gasteiger partial charge in [0.1, 0.15) is 0 Å². The minimum atomic E-state index is 0.583. The lowest BCUT2D eigenvalue weighted by molar-refractivity contribution is 0.747. The minimum absolute atomic E-state index is 0.583. The van der Waals surface area contributed by atoms with Crippen LogP contribution < -0.4 is 5.32 Å². The van der Waals surface area contributed by atoms with Gasteiger partial charge in [-0.3, -0.25) is 4.98 Å². The molecule has 1 N–H and O–H groups in total. The topological polar surface area (TPSA) is 24.9 Å². The number of nitrogens with one attached hydrogen (secondary N) is 1. The van der Waals surface area contributed by atoms with Gasteiger partial charge in [-0.05, 0) is 24.1 Å².